The highest BCUT2D eigenvalue weighted by atomic mass is 79.9. The van der Waals surface area contributed by atoms with E-state index in [9.17, 15) is 4.39 Å². The SMILES string of the molecule is NNC(Cc1ccccc1F)c1cccc(Br)c1Cl. The highest BCUT2D eigenvalue weighted by Gasteiger charge is 2.16. The average Bonchev–Trinajstić information content (AvgIpc) is 2.41. The van der Waals surface area contributed by atoms with Crippen molar-refractivity contribution in [3.05, 3.63) is 68.9 Å². The molecule has 0 aliphatic heterocycles. The summed E-state index contributed by atoms with van der Waals surface area (Å²) in [5.74, 6) is 5.33. The van der Waals surface area contributed by atoms with E-state index in [0.717, 1.165) is 10.0 Å². The third kappa shape index (κ3) is 3.34. The van der Waals surface area contributed by atoms with Gasteiger partial charge < -0.3 is 0 Å². The smallest absolute Gasteiger partial charge is 0.126 e. The molecule has 5 heteroatoms. The van der Waals surface area contributed by atoms with Crippen molar-refractivity contribution in [2.45, 2.75) is 12.5 Å². The maximum absolute atomic E-state index is 13.7. The molecule has 0 amide bonds. The molecule has 2 rings (SSSR count). The molecule has 1 atom stereocenters. The van der Waals surface area contributed by atoms with E-state index in [1.54, 1.807) is 18.2 Å². The fourth-order valence-corrected chi connectivity index (χ4v) is 2.57. The molecule has 0 fully saturated rings. The van der Waals surface area contributed by atoms with Crippen LogP contribution < -0.4 is 11.3 Å². The predicted molar refractivity (Wildman–Crippen MR) is 79.3 cm³/mol. The lowest BCUT2D eigenvalue weighted by molar-refractivity contribution is 0.529. The number of benzene rings is 2. The zero-order chi connectivity index (χ0) is 13.8. The summed E-state index contributed by atoms with van der Waals surface area (Å²) >= 11 is 9.61. The van der Waals surface area contributed by atoms with Gasteiger partial charge in [-0.3, -0.25) is 11.3 Å². The Kier molecular flexibility index (Phi) is 4.93. The van der Waals surface area contributed by atoms with Gasteiger partial charge in [0.05, 0.1) is 11.1 Å². The van der Waals surface area contributed by atoms with Gasteiger partial charge in [-0.2, -0.15) is 0 Å². The van der Waals surface area contributed by atoms with E-state index in [0.29, 0.717) is 17.0 Å². The summed E-state index contributed by atoms with van der Waals surface area (Å²) in [5.41, 5.74) is 4.12. The molecule has 0 heterocycles. The van der Waals surface area contributed by atoms with E-state index in [-0.39, 0.29) is 11.9 Å². The van der Waals surface area contributed by atoms with Crippen molar-refractivity contribution in [1.29, 1.82) is 0 Å². The van der Waals surface area contributed by atoms with Crippen molar-refractivity contribution in [2.75, 3.05) is 0 Å². The molecule has 0 bridgehead atoms. The highest BCUT2D eigenvalue weighted by Crippen LogP contribution is 2.31. The van der Waals surface area contributed by atoms with E-state index in [4.69, 9.17) is 17.4 Å². The Labute approximate surface area is 124 Å². The summed E-state index contributed by atoms with van der Waals surface area (Å²) in [6.45, 7) is 0. The van der Waals surface area contributed by atoms with Gasteiger partial charge in [-0.25, -0.2) is 4.39 Å². The fourth-order valence-electron chi connectivity index (χ4n) is 1.93. The van der Waals surface area contributed by atoms with Crippen LogP contribution in [0.4, 0.5) is 4.39 Å². The molecule has 0 saturated heterocycles. The minimum atomic E-state index is -0.248. The summed E-state index contributed by atoms with van der Waals surface area (Å²) in [4.78, 5) is 0. The maximum Gasteiger partial charge on any atom is 0.126 e. The van der Waals surface area contributed by atoms with Gasteiger partial charge in [-0.1, -0.05) is 41.9 Å². The van der Waals surface area contributed by atoms with Gasteiger partial charge in [0.15, 0.2) is 0 Å². The quantitative estimate of drug-likeness (QED) is 0.651. The largest absolute Gasteiger partial charge is 0.271 e. The zero-order valence-corrected chi connectivity index (χ0v) is 12.4. The monoisotopic (exact) mass is 342 g/mol. The second-order valence-electron chi connectivity index (χ2n) is 4.16. The molecule has 0 saturated carbocycles. The Hall–Kier alpha value is -0.940. The van der Waals surface area contributed by atoms with Crippen LogP contribution in [-0.4, -0.2) is 0 Å². The van der Waals surface area contributed by atoms with E-state index in [2.05, 4.69) is 21.4 Å². The lowest BCUT2D eigenvalue weighted by Gasteiger charge is -2.18. The Morgan fingerprint density at radius 3 is 2.63 bits per heavy atom. The molecule has 0 aliphatic carbocycles. The Morgan fingerprint density at radius 2 is 1.95 bits per heavy atom. The second kappa shape index (κ2) is 6.48. The molecule has 2 aromatic rings. The number of nitrogens with one attached hydrogen (secondary N) is 1. The van der Waals surface area contributed by atoms with Crippen LogP contribution in [0.5, 0.6) is 0 Å². The van der Waals surface area contributed by atoms with Gasteiger partial charge in [0.1, 0.15) is 5.82 Å². The third-order valence-corrected chi connectivity index (χ3v) is 4.25. The van der Waals surface area contributed by atoms with E-state index in [1.165, 1.54) is 6.07 Å². The molecule has 0 spiro atoms. The summed E-state index contributed by atoms with van der Waals surface area (Å²) in [5, 5.41) is 0.585. The Bertz CT molecular complexity index is 577. The van der Waals surface area contributed by atoms with Crippen LogP contribution in [0.2, 0.25) is 5.02 Å². The van der Waals surface area contributed by atoms with Crippen LogP contribution >= 0.6 is 27.5 Å². The normalized spacial score (nSPS) is 12.4. The Balaban J connectivity index is 2.31. The lowest BCUT2D eigenvalue weighted by atomic mass is 9.99. The Morgan fingerprint density at radius 1 is 1.21 bits per heavy atom. The van der Waals surface area contributed by atoms with Crippen LogP contribution in [0.15, 0.2) is 46.9 Å². The second-order valence-corrected chi connectivity index (χ2v) is 5.39. The van der Waals surface area contributed by atoms with Gasteiger partial charge >= 0.3 is 0 Å². The topological polar surface area (TPSA) is 38.0 Å². The van der Waals surface area contributed by atoms with Crippen LogP contribution in [0.3, 0.4) is 0 Å². The summed E-state index contributed by atoms with van der Waals surface area (Å²) < 4.78 is 14.5. The first kappa shape index (κ1) is 14.5. The predicted octanol–water partition coefficient (Wildman–Crippen LogP) is 3.99. The lowest BCUT2D eigenvalue weighted by Crippen LogP contribution is -2.30. The van der Waals surface area contributed by atoms with Gasteiger partial charge in [-0.05, 0) is 45.6 Å². The van der Waals surface area contributed by atoms with Crippen LogP contribution in [0.1, 0.15) is 17.2 Å². The van der Waals surface area contributed by atoms with Crippen LogP contribution in [0, 0.1) is 5.82 Å². The first-order chi connectivity index (χ1) is 9.13. The molecule has 2 nitrogen and oxygen atoms in total. The average molecular weight is 344 g/mol. The number of hydrogen-bond donors (Lipinski definition) is 2. The van der Waals surface area contributed by atoms with E-state index < -0.39 is 0 Å². The summed E-state index contributed by atoms with van der Waals surface area (Å²) in [6, 6.07) is 12.0. The molecule has 0 aliphatic rings. The van der Waals surface area contributed by atoms with Gasteiger partial charge in [0, 0.05) is 4.47 Å². The van der Waals surface area contributed by atoms with Crippen LogP contribution in [0.25, 0.3) is 0 Å². The zero-order valence-electron chi connectivity index (χ0n) is 10.0. The fraction of sp³-hybridized carbons (Fsp3) is 0.143. The maximum atomic E-state index is 13.7. The molecule has 1 unspecified atom stereocenters. The number of hydrogen-bond acceptors (Lipinski definition) is 2. The van der Waals surface area contributed by atoms with Crippen molar-refractivity contribution in [2.24, 2.45) is 5.84 Å². The molecule has 0 radical (unpaired) electrons. The summed E-state index contributed by atoms with van der Waals surface area (Å²) in [6.07, 6.45) is 0.430. The van der Waals surface area contributed by atoms with Crippen LogP contribution in [-0.2, 0) is 6.42 Å². The summed E-state index contributed by atoms with van der Waals surface area (Å²) in [7, 11) is 0. The van der Waals surface area contributed by atoms with E-state index in [1.807, 2.05) is 18.2 Å². The van der Waals surface area contributed by atoms with Gasteiger partial charge in [0.25, 0.3) is 0 Å². The van der Waals surface area contributed by atoms with Crippen molar-refractivity contribution in [1.82, 2.24) is 5.43 Å². The van der Waals surface area contributed by atoms with Crippen molar-refractivity contribution in [3.8, 4) is 0 Å². The number of nitrogens with two attached hydrogens (primary N) is 1. The van der Waals surface area contributed by atoms with Crippen molar-refractivity contribution >= 4 is 27.5 Å². The molecule has 19 heavy (non-hydrogen) atoms. The minimum absolute atomic E-state index is 0.242. The molecule has 100 valence electrons. The molecule has 0 aromatic heterocycles. The van der Waals surface area contributed by atoms with Crippen molar-refractivity contribution in [3.63, 3.8) is 0 Å². The third-order valence-electron chi connectivity index (χ3n) is 2.94. The number of rotatable bonds is 4. The number of hydrazine groups is 1. The molecule has 3 N–H and O–H groups in total. The molecular weight excluding hydrogens is 331 g/mol. The first-order valence-corrected chi connectivity index (χ1v) is 6.94. The first-order valence-electron chi connectivity index (χ1n) is 5.77. The number of halogens is 3. The molecule has 2 aromatic carbocycles. The van der Waals surface area contributed by atoms with Gasteiger partial charge in [0.2, 0.25) is 0 Å². The standard InChI is InChI=1S/C14H13BrClFN2/c15-11-6-3-5-10(14(11)16)13(19-18)8-9-4-1-2-7-12(9)17/h1-7,13,19H,8,18H2. The van der Waals surface area contributed by atoms with Crippen molar-refractivity contribution < 1.29 is 4.39 Å². The van der Waals surface area contributed by atoms with E-state index >= 15 is 0 Å². The molecular formula is C14H13BrClFN2. The highest BCUT2D eigenvalue weighted by molar-refractivity contribution is 9.10. The minimum Gasteiger partial charge on any atom is -0.271 e. The van der Waals surface area contributed by atoms with Gasteiger partial charge in [-0.15, -0.1) is 0 Å².